The SMILES string of the molecule is CCCCCCCCCCCCCCCCCCOC(=O)[N+](C)(S)N(C(=O)N1CC(c2ccc(Cl)cn2)C(c2ccc(F)cc2)=N1)c1ccc(OC(F)(F)F)cc1. The summed E-state index contributed by atoms with van der Waals surface area (Å²) in [7, 11) is 1.32. The van der Waals surface area contributed by atoms with Crippen LogP contribution in [0.1, 0.15) is 127 Å². The van der Waals surface area contributed by atoms with E-state index >= 15 is 0 Å². The quantitative estimate of drug-likeness (QED) is 0.0380. The van der Waals surface area contributed by atoms with Crippen molar-refractivity contribution in [2.45, 2.75) is 122 Å². The van der Waals surface area contributed by atoms with Crippen molar-refractivity contribution >= 4 is 47.9 Å². The normalized spacial score (nSPS) is 15.3. The van der Waals surface area contributed by atoms with Gasteiger partial charge in [0.25, 0.3) is 0 Å². The van der Waals surface area contributed by atoms with E-state index in [4.69, 9.17) is 16.3 Å². The van der Waals surface area contributed by atoms with Crippen molar-refractivity contribution in [3.8, 4) is 5.75 Å². The van der Waals surface area contributed by atoms with E-state index in [0.717, 1.165) is 41.4 Å². The maximum Gasteiger partial charge on any atom is 0.573 e. The summed E-state index contributed by atoms with van der Waals surface area (Å²) in [6.07, 6.45) is 14.8. The molecule has 0 N–H and O–H groups in total. The summed E-state index contributed by atoms with van der Waals surface area (Å²) in [6.45, 7) is 2.29. The van der Waals surface area contributed by atoms with Gasteiger partial charge in [0, 0.05) is 6.20 Å². The Morgan fingerprint density at radius 1 is 0.842 bits per heavy atom. The standard InChI is InChI=1S/C42H55ClF4N5O4S/c1-3-4-5-6-7-8-9-10-11-12-13-14-15-16-17-18-29-55-41(54)52(2,57)51(35-24-26-36(27-25-35)56-42(45,46)47)40(53)50-31-37(38-28-21-33(43)30-48-38)39(49-50)32-19-22-34(44)23-20-32/h19-28,30,37,57H,3-18,29,31H2,1-2H3/q+1. The van der Waals surface area contributed by atoms with Gasteiger partial charge in [0.1, 0.15) is 24.3 Å². The van der Waals surface area contributed by atoms with Gasteiger partial charge in [0.15, 0.2) is 0 Å². The van der Waals surface area contributed by atoms with Gasteiger partial charge >= 0.3 is 18.5 Å². The summed E-state index contributed by atoms with van der Waals surface area (Å²) < 4.78 is 61.3. The van der Waals surface area contributed by atoms with Gasteiger partial charge in [-0.2, -0.15) is 9.90 Å². The minimum atomic E-state index is -4.94. The maximum absolute atomic E-state index is 14.5. The highest BCUT2D eigenvalue weighted by molar-refractivity contribution is 7.74. The molecule has 3 amide bonds. The first-order valence-corrected chi connectivity index (χ1v) is 20.8. The topological polar surface area (TPSA) is 84.3 Å². The number of benzene rings is 2. The zero-order valence-corrected chi connectivity index (χ0v) is 34.5. The van der Waals surface area contributed by atoms with Gasteiger partial charge in [-0.25, -0.2) is 14.2 Å². The third kappa shape index (κ3) is 14.8. The lowest BCUT2D eigenvalue weighted by atomic mass is 9.94. The van der Waals surface area contributed by atoms with Crippen LogP contribution in [0, 0.1) is 5.82 Å². The molecule has 57 heavy (non-hydrogen) atoms. The van der Waals surface area contributed by atoms with Crippen LogP contribution >= 0.6 is 24.4 Å². The molecule has 0 bridgehead atoms. The molecule has 4 rings (SSSR count). The minimum absolute atomic E-state index is 0.0120. The summed E-state index contributed by atoms with van der Waals surface area (Å²) in [5.41, 5.74) is 1.46. The van der Waals surface area contributed by atoms with Gasteiger partial charge < -0.3 is 9.47 Å². The molecule has 1 aliphatic heterocycles. The number of amides is 3. The van der Waals surface area contributed by atoms with Crippen LogP contribution in [-0.4, -0.2) is 58.4 Å². The number of unbranched alkanes of at least 4 members (excludes halogenated alkanes) is 15. The predicted molar refractivity (Wildman–Crippen MR) is 219 cm³/mol. The number of nitrogens with zero attached hydrogens (tertiary/aromatic N) is 5. The van der Waals surface area contributed by atoms with Crippen LogP contribution in [0.2, 0.25) is 5.02 Å². The monoisotopic (exact) mass is 836 g/mol. The predicted octanol–water partition coefficient (Wildman–Crippen LogP) is 12.8. The second-order valence-electron chi connectivity index (χ2n) is 14.5. The molecule has 3 aromatic rings. The van der Waals surface area contributed by atoms with Gasteiger partial charge in [0.2, 0.25) is 0 Å². The van der Waals surface area contributed by atoms with Crippen LogP contribution in [0.25, 0.3) is 0 Å². The second-order valence-corrected chi connectivity index (χ2v) is 15.7. The van der Waals surface area contributed by atoms with Crippen molar-refractivity contribution < 1.29 is 40.6 Å². The first-order chi connectivity index (χ1) is 27.3. The summed E-state index contributed by atoms with van der Waals surface area (Å²) in [5, 5.41) is 7.06. The zero-order valence-electron chi connectivity index (χ0n) is 32.9. The van der Waals surface area contributed by atoms with Crippen molar-refractivity contribution in [1.29, 1.82) is 0 Å². The number of rotatable bonds is 21. The van der Waals surface area contributed by atoms with E-state index in [2.05, 4.69) is 34.6 Å². The molecular formula is C42H55ClF4N5O4S+. The Morgan fingerprint density at radius 3 is 1.89 bits per heavy atom. The first kappa shape index (κ1) is 45.8. The van der Waals surface area contributed by atoms with Crippen molar-refractivity contribution in [1.82, 2.24) is 9.99 Å². The molecule has 0 saturated carbocycles. The van der Waals surface area contributed by atoms with Crippen LogP contribution in [0.5, 0.6) is 5.75 Å². The second kappa shape index (κ2) is 22.9. The highest BCUT2D eigenvalue weighted by Crippen LogP contribution is 2.34. The number of urea groups is 1. The number of quaternary nitrogens is 1. The molecule has 1 aliphatic rings. The Balaban J connectivity index is 1.37. The maximum atomic E-state index is 14.5. The molecule has 2 atom stereocenters. The number of pyridine rings is 1. The number of halogens is 5. The minimum Gasteiger partial charge on any atom is -0.418 e. The molecule has 2 heterocycles. The highest BCUT2D eigenvalue weighted by atomic mass is 35.5. The Labute approximate surface area is 344 Å². The number of carbonyl (C=O) groups excluding carboxylic acids is 2. The molecule has 2 aromatic carbocycles. The largest absolute Gasteiger partial charge is 0.573 e. The Kier molecular flexibility index (Phi) is 18.4. The van der Waals surface area contributed by atoms with Crippen LogP contribution < -0.4 is 9.75 Å². The summed E-state index contributed by atoms with van der Waals surface area (Å²) >= 11 is 10.7. The van der Waals surface area contributed by atoms with Gasteiger partial charge in [-0.05, 0) is 60.5 Å². The van der Waals surface area contributed by atoms with E-state index in [1.165, 1.54) is 127 Å². The van der Waals surface area contributed by atoms with E-state index in [1.54, 1.807) is 12.1 Å². The summed E-state index contributed by atoms with van der Waals surface area (Å²) in [4.78, 5) is 32.5. The van der Waals surface area contributed by atoms with E-state index in [0.29, 0.717) is 28.4 Å². The average molecular weight is 837 g/mol. The molecule has 0 aliphatic carbocycles. The number of carbonyl (C=O) groups is 2. The number of aromatic nitrogens is 1. The number of thiol groups is 1. The number of anilines is 1. The Hall–Kier alpha value is -3.88. The van der Waals surface area contributed by atoms with Crippen LogP contribution in [0.15, 0.2) is 72.0 Å². The molecule has 0 saturated heterocycles. The fourth-order valence-electron chi connectivity index (χ4n) is 6.74. The molecular weight excluding hydrogens is 782 g/mol. The Bertz CT molecular complexity index is 1710. The van der Waals surface area contributed by atoms with Gasteiger partial charge in [0.05, 0.1) is 48.3 Å². The number of alkyl halides is 3. The average Bonchev–Trinajstić information content (AvgIpc) is 3.62. The Morgan fingerprint density at radius 2 is 1.39 bits per heavy atom. The third-order valence-electron chi connectivity index (χ3n) is 9.84. The van der Waals surface area contributed by atoms with Crippen molar-refractivity contribution in [2.75, 3.05) is 25.2 Å². The number of hydrazone groups is 1. The first-order valence-electron chi connectivity index (χ1n) is 20.0. The molecule has 0 radical (unpaired) electrons. The molecule has 1 aromatic heterocycles. The molecule has 0 fully saturated rings. The van der Waals surface area contributed by atoms with Crippen molar-refractivity contribution in [2.24, 2.45) is 5.10 Å². The van der Waals surface area contributed by atoms with Gasteiger partial charge in [-0.1, -0.05) is 131 Å². The van der Waals surface area contributed by atoms with Gasteiger partial charge in [-0.3, -0.25) is 4.98 Å². The summed E-state index contributed by atoms with van der Waals surface area (Å²) in [6, 6.07) is 12.5. The number of hydrogen-bond donors (Lipinski definition) is 1. The number of ether oxygens (including phenoxy) is 2. The van der Waals surface area contributed by atoms with Crippen LogP contribution in [0.4, 0.5) is 32.8 Å². The highest BCUT2D eigenvalue weighted by Gasteiger charge is 2.47. The molecule has 0 spiro atoms. The lowest BCUT2D eigenvalue weighted by Gasteiger charge is -2.34. The van der Waals surface area contributed by atoms with E-state index in [1.807, 2.05) is 0 Å². The van der Waals surface area contributed by atoms with E-state index in [9.17, 15) is 27.2 Å². The molecule has 312 valence electrons. The lowest BCUT2D eigenvalue weighted by Crippen LogP contribution is -2.60. The molecule has 9 nitrogen and oxygen atoms in total. The molecule has 15 heteroatoms. The fourth-order valence-corrected chi connectivity index (χ4v) is 7.09. The third-order valence-corrected chi connectivity index (χ3v) is 10.4. The van der Waals surface area contributed by atoms with E-state index < -0.39 is 40.0 Å². The number of hydrogen-bond acceptors (Lipinski definition) is 7. The van der Waals surface area contributed by atoms with E-state index in [-0.39, 0.29) is 18.8 Å². The van der Waals surface area contributed by atoms with Crippen molar-refractivity contribution in [3.05, 3.63) is 89.0 Å². The zero-order chi connectivity index (χ0) is 41.3. The smallest absolute Gasteiger partial charge is 0.418 e. The fraction of sp³-hybridized carbons (Fsp3) is 0.524. The van der Waals surface area contributed by atoms with Crippen LogP contribution in [0.3, 0.4) is 0 Å². The van der Waals surface area contributed by atoms with Crippen molar-refractivity contribution in [3.63, 3.8) is 0 Å². The van der Waals surface area contributed by atoms with Gasteiger partial charge in [-0.15, -0.1) is 18.2 Å². The van der Waals surface area contributed by atoms with Crippen LogP contribution in [-0.2, 0) is 4.74 Å². The lowest BCUT2D eigenvalue weighted by molar-refractivity contribution is -0.694. The molecule has 2 unspecified atom stereocenters. The summed E-state index contributed by atoms with van der Waals surface area (Å²) in [5.74, 6) is -1.57.